The van der Waals surface area contributed by atoms with Crippen molar-refractivity contribution in [2.75, 3.05) is 17.6 Å². The number of aromatic nitrogens is 2. The number of carbonyl (C=O) groups excluding carboxylic acids is 2. The molecule has 0 saturated heterocycles. The number of hydrogen-bond donors (Lipinski definition) is 2. The minimum Gasteiger partial charge on any atom is -0.346 e. The van der Waals surface area contributed by atoms with Crippen molar-refractivity contribution in [1.29, 1.82) is 0 Å². The van der Waals surface area contributed by atoms with Gasteiger partial charge in [-0.3, -0.25) is 19.0 Å². The fourth-order valence-electron chi connectivity index (χ4n) is 3.89. The van der Waals surface area contributed by atoms with Gasteiger partial charge in [0.05, 0.1) is 28.9 Å². The number of benzene rings is 2. The molecule has 2 aromatic carbocycles. The summed E-state index contributed by atoms with van der Waals surface area (Å²) in [6, 6.07) is 8.62. The first-order valence-corrected chi connectivity index (χ1v) is 11.7. The van der Waals surface area contributed by atoms with Crippen LogP contribution in [-0.2, 0) is 9.59 Å². The SMILES string of the molecule is O=C(CSc1nc2ccccc2c(=O)n1C1CCCC1)NCC(=O)Nc1ccc(F)c(F)c1F. The summed E-state index contributed by atoms with van der Waals surface area (Å²) in [6.45, 7) is -0.502. The maximum Gasteiger partial charge on any atom is 0.262 e. The van der Waals surface area contributed by atoms with Gasteiger partial charge in [0.2, 0.25) is 11.8 Å². The van der Waals surface area contributed by atoms with Crippen LogP contribution < -0.4 is 16.2 Å². The number of anilines is 1. The van der Waals surface area contributed by atoms with E-state index in [1.165, 1.54) is 0 Å². The van der Waals surface area contributed by atoms with Crippen LogP contribution >= 0.6 is 11.8 Å². The molecule has 1 aliphatic rings. The molecule has 11 heteroatoms. The van der Waals surface area contributed by atoms with Crippen LogP contribution in [0, 0.1) is 17.5 Å². The maximum absolute atomic E-state index is 13.7. The molecule has 1 aliphatic carbocycles. The van der Waals surface area contributed by atoms with Crippen molar-refractivity contribution in [2.45, 2.75) is 36.9 Å². The first-order valence-electron chi connectivity index (χ1n) is 10.7. The van der Waals surface area contributed by atoms with Crippen molar-refractivity contribution in [2.24, 2.45) is 0 Å². The number of amides is 2. The topological polar surface area (TPSA) is 93.1 Å². The maximum atomic E-state index is 13.7. The number of carbonyl (C=O) groups is 2. The third-order valence-electron chi connectivity index (χ3n) is 5.55. The fraction of sp³-hybridized carbons (Fsp3) is 0.304. The zero-order valence-electron chi connectivity index (χ0n) is 17.9. The van der Waals surface area contributed by atoms with Crippen molar-refractivity contribution in [3.8, 4) is 0 Å². The largest absolute Gasteiger partial charge is 0.346 e. The number of halogens is 3. The normalized spacial score (nSPS) is 13.9. The molecular formula is C23H21F3N4O3S. The molecule has 0 atom stereocenters. The van der Waals surface area contributed by atoms with Crippen LogP contribution in [-0.4, -0.2) is 33.7 Å². The highest BCUT2D eigenvalue weighted by molar-refractivity contribution is 7.99. The molecule has 34 heavy (non-hydrogen) atoms. The number of thioether (sulfide) groups is 1. The van der Waals surface area contributed by atoms with Gasteiger partial charge in [0.1, 0.15) is 0 Å². The van der Waals surface area contributed by atoms with E-state index < -0.39 is 41.5 Å². The molecule has 1 aromatic heterocycles. The number of rotatable bonds is 7. The molecule has 4 rings (SSSR count). The summed E-state index contributed by atoms with van der Waals surface area (Å²) in [7, 11) is 0. The highest BCUT2D eigenvalue weighted by atomic mass is 32.2. The van der Waals surface area contributed by atoms with E-state index in [1.807, 2.05) is 0 Å². The smallest absolute Gasteiger partial charge is 0.262 e. The molecule has 0 bridgehead atoms. The molecule has 178 valence electrons. The zero-order chi connectivity index (χ0) is 24.2. The summed E-state index contributed by atoms with van der Waals surface area (Å²) in [6.07, 6.45) is 3.76. The Kier molecular flexibility index (Phi) is 7.20. The first kappa shape index (κ1) is 23.8. The molecule has 0 unspecified atom stereocenters. The van der Waals surface area contributed by atoms with Gasteiger partial charge in [-0.15, -0.1) is 0 Å². The van der Waals surface area contributed by atoms with Crippen LogP contribution in [0.2, 0.25) is 0 Å². The van der Waals surface area contributed by atoms with Gasteiger partial charge < -0.3 is 10.6 Å². The highest BCUT2D eigenvalue weighted by Crippen LogP contribution is 2.32. The molecular weight excluding hydrogens is 469 g/mol. The van der Waals surface area contributed by atoms with Crippen LogP contribution in [0.25, 0.3) is 10.9 Å². The lowest BCUT2D eigenvalue weighted by Gasteiger charge is -2.18. The van der Waals surface area contributed by atoms with Gasteiger partial charge in [-0.05, 0) is 37.1 Å². The third kappa shape index (κ3) is 5.09. The van der Waals surface area contributed by atoms with Crippen molar-refractivity contribution in [3.05, 3.63) is 64.2 Å². The number of hydrogen-bond acceptors (Lipinski definition) is 5. The Bertz CT molecular complexity index is 1310. The lowest BCUT2D eigenvalue weighted by Crippen LogP contribution is -2.34. The molecule has 0 radical (unpaired) electrons. The Morgan fingerprint density at radius 2 is 1.76 bits per heavy atom. The van der Waals surface area contributed by atoms with E-state index in [2.05, 4.69) is 15.6 Å². The van der Waals surface area contributed by atoms with Gasteiger partial charge in [0.25, 0.3) is 5.56 Å². The van der Waals surface area contributed by atoms with E-state index in [9.17, 15) is 27.6 Å². The second-order valence-corrected chi connectivity index (χ2v) is 8.80. The van der Waals surface area contributed by atoms with Gasteiger partial charge >= 0.3 is 0 Å². The number of fused-ring (bicyclic) bond motifs is 1. The van der Waals surface area contributed by atoms with Gasteiger partial charge in [-0.1, -0.05) is 36.7 Å². The molecule has 7 nitrogen and oxygen atoms in total. The van der Waals surface area contributed by atoms with E-state index in [4.69, 9.17) is 0 Å². The number of nitrogens with one attached hydrogen (secondary N) is 2. The lowest BCUT2D eigenvalue weighted by atomic mass is 10.2. The summed E-state index contributed by atoms with van der Waals surface area (Å²) in [5.41, 5.74) is -0.139. The van der Waals surface area contributed by atoms with Gasteiger partial charge in [-0.25, -0.2) is 18.2 Å². The molecule has 0 spiro atoms. The molecule has 3 aromatic rings. The number of para-hydroxylation sites is 1. The average Bonchev–Trinajstić information content (AvgIpc) is 3.36. The molecule has 2 amide bonds. The average molecular weight is 491 g/mol. The predicted octanol–water partition coefficient (Wildman–Crippen LogP) is 3.78. The second kappa shape index (κ2) is 10.3. The van der Waals surface area contributed by atoms with E-state index in [0.29, 0.717) is 22.1 Å². The monoisotopic (exact) mass is 490 g/mol. The first-order chi connectivity index (χ1) is 16.3. The minimum absolute atomic E-state index is 0.0203. The Hall–Kier alpha value is -3.34. The fourth-order valence-corrected chi connectivity index (χ4v) is 4.78. The van der Waals surface area contributed by atoms with E-state index >= 15 is 0 Å². The van der Waals surface area contributed by atoms with Crippen molar-refractivity contribution < 1.29 is 22.8 Å². The van der Waals surface area contributed by atoms with Crippen LogP contribution in [0.3, 0.4) is 0 Å². The molecule has 0 aliphatic heterocycles. The van der Waals surface area contributed by atoms with Crippen LogP contribution in [0.5, 0.6) is 0 Å². The molecule has 2 N–H and O–H groups in total. The Morgan fingerprint density at radius 1 is 1.03 bits per heavy atom. The van der Waals surface area contributed by atoms with E-state index in [-0.39, 0.29) is 17.4 Å². The summed E-state index contributed by atoms with van der Waals surface area (Å²) in [4.78, 5) is 42.0. The Balaban J connectivity index is 1.40. The van der Waals surface area contributed by atoms with E-state index in [1.54, 1.807) is 28.8 Å². The molecule has 1 heterocycles. The van der Waals surface area contributed by atoms with Crippen LogP contribution in [0.4, 0.5) is 18.9 Å². The van der Waals surface area contributed by atoms with Gasteiger partial charge in [-0.2, -0.15) is 0 Å². The zero-order valence-corrected chi connectivity index (χ0v) is 18.8. The molecule has 1 saturated carbocycles. The summed E-state index contributed by atoms with van der Waals surface area (Å²) in [5, 5.41) is 5.41. The quantitative estimate of drug-likeness (QED) is 0.299. The van der Waals surface area contributed by atoms with Gasteiger partial charge in [0, 0.05) is 6.04 Å². The number of nitrogens with zero attached hydrogens (tertiary/aromatic N) is 2. The van der Waals surface area contributed by atoms with Crippen LogP contribution in [0.1, 0.15) is 31.7 Å². The van der Waals surface area contributed by atoms with Crippen molar-refractivity contribution in [3.63, 3.8) is 0 Å². The van der Waals surface area contributed by atoms with Crippen molar-refractivity contribution in [1.82, 2.24) is 14.9 Å². The third-order valence-corrected chi connectivity index (χ3v) is 6.51. The van der Waals surface area contributed by atoms with E-state index in [0.717, 1.165) is 43.5 Å². The van der Waals surface area contributed by atoms with Crippen molar-refractivity contribution >= 4 is 40.2 Å². The van der Waals surface area contributed by atoms with Crippen LogP contribution in [0.15, 0.2) is 46.3 Å². The Morgan fingerprint density at radius 3 is 2.53 bits per heavy atom. The molecule has 1 fully saturated rings. The standard InChI is InChI=1S/C23H21F3N4O3S/c24-15-9-10-17(21(26)20(15)25)28-18(31)11-27-19(32)12-34-23-29-16-8-4-3-7-14(16)22(33)30(23)13-5-1-2-6-13/h3-4,7-10,13H,1-2,5-6,11-12H2,(H,27,32)(H,28,31). The predicted molar refractivity (Wildman–Crippen MR) is 122 cm³/mol. The summed E-state index contributed by atoms with van der Waals surface area (Å²) >= 11 is 1.09. The second-order valence-electron chi connectivity index (χ2n) is 7.86. The minimum atomic E-state index is -1.70. The van der Waals surface area contributed by atoms with Gasteiger partial charge in [0.15, 0.2) is 22.6 Å². The highest BCUT2D eigenvalue weighted by Gasteiger charge is 2.23. The summed E-state index contributed by atoms with van der Waals surface area (Å²) in [5.74, 6) is -6.03. The Labute approximate surface area is 196 Å². The lowest BCUT2D eigenvalue weighted by molar-refractivity contribution is -0.122. The summed E-state index contributed by atoms with van der Waals surface area (Å²) < 4.78 is 41.6.